The van der Waals surface area contributed by atoms with Crippen LogP contribution >= 0.6 is 11.3 Å². The zero-order chi connectivity index (χ0) is 86.2. The molecule has 5 aromatic rings. The molecule has 0 aliphatic carbocycles. The molecule has 45 heteroatoms. The molecule has 0 bridgehead atoms. The Balaban J connectivity index is 0. The van der Waals surface area contributed by atoms with E-state index in [-0.39, 0.29) is 52.6 Å². The van der Waals surface area contributed by atoms with E-state index in [1.54, 1.807) is 96.8 Å². The highest BCUT2D eigenvalue weighted by Crippen LogP contribution is 2.21. The lowest BCUT2D eigenvalue weighted by Gasteiger charge is -2.14. The van der Waals surface area contributed by atoms with Crippen molar-refractivity contribution < 1.29 is 69.7 Å². The molecular weight excluding hydrogens is 1500 g/mol. The highest BCUT2D eigenvalue weighted by molar-refractivity contribution is 7.14. The lowest BCUT2D eigenvalue weighted by atomic mass is 9.77. The van der Waals surface area contributed by atoms with Crippen LogP contribution in [0.15, 0.2) is 207 Å². The van der Waals surface area contributed by atoms with Crippen molar-refractivity contribution >= 4 is 199 Å². The molecule has 0 aliphatic heterocycles. The summed E-state index contributed by atoms with van der Waals surface area (Å²) >= 11 is 1.57. The second kappa shape index (κ2) is 66.8. The van der Waals surface area contributed by atoms with Crippen LogP contribution in [0.1, 0.15) is 101 Å². The Morgan fingerprint density at radius 2 is 0.809 bits per heavy atom. The largest absolute Gasteiger partial charge is 0.493 e. The van der Waals surface area contributed by atoms with Crippen molar-refractivity contribution in [3.05, 3.63) is 186 Å². The van der Waals surface area contributed by atoms with E-state index in [1.165, 1.54) is 30.9 Å². The number of hydrogen-bond donors (Lipinski definition) is 25. The van der Waals surface area contributed by atoms with Gasteiger partial charge in [-0.1, -0.05) is 114 Å². The topological polar surface area (TPSA) is 650 Å². The highest BCUT2D eigenvalue weighted by Gasteiger charge is 2.22. The average molecular weight is 1600 g/mol. The third-order valence-electron chi connectivity index (χ3n) is 11.8. The number of nitrogens with one attached hydrogen (secondary N) is 14. The normalized spacial score (nSPS) is 11.4. The molecule has 0 saturated heterocycles. The molecule has 0 fully saturated rings. The van der Waals surface area contributed by atoms with E-state index in [2.05, 4.69) is 238 Å². The monoisotopic (exact) mass is 1600 g/mol. The lowest BCUT2D eigenvalue weighted by Crippen LogP contribution is -2.80. The molecule has 115 heavy (non-hydrogen) atoms. The fourth-order valence-corrected chi connectivity index (χ4v) is 7.73. The average Bonchev–Trinajstić information content (AvgIpc) is 0.919. The fourth-order valence-electron chi connectivity index (χ4n) is 7.01. The van der Waals surface area contributed by atoms with Crippen molar-refractivity contribution in [2.45, 2.75) is 46.0 Å². The third kappa shape index (κ3) is 50.8. The van der Waals surface area contributed by atoms with Crippen LogP contribution in [0.25, 0.3) is 30.4 Å². The number of nitrogens with two attached hydrogens (primary N) is 7. The SMILES string of the molecule is C=CC=NN=C(N)N[NH+]=C.C=CCCCC=NN=C(N)N[NH+]=C.C=Cc1cc(C=NN=C(N)N[NH+]=C)c(OCCC)c(B(O)O)c1.C=Cc1cc(C=NN=C(N)N[NH+]=C)cc(B(O)O)c1OCCC.C=Cc1ccc(C=NN=C(N)N[NH+]=C)cc1.C=Cc1ccc(C=NN=C(N)N[NH+]=C)o1.C=Cc1ccc(C=NN=C(N)N[NH+]=C)s1. The van der Waals surface area contributed by atoms with E-state index >= 15 is 0 Å². The van der Waals surface area contributed by atoms with Gasteiger partial charge >= 0.3 is 14.2 Å². The summed E-state index contributed by atoms with van der Waals surface area (Å²) in [7, 11) is -3.36. The van der Waals surface area contributed by atoms with Crippen molar-refractivity contribution in [2.24, 2.45) is 112 Å². The number of thiophene rings is 1. The van der Waals surface area contributed by atoms with Gasteiger partial charge in [0.05, 0.1) is 44.3 Å². The number of hydrazone groups is 7. The van der Waals surface area contributed by atoms with Crippen LogP contribution < -0.4 is 134 Å². The second-order valence-corrected chi connectivity index (χ2v) is 21.6. The van der Waals surface area contributed by atoms with Gasteiger partial charge < -0.3 is 74.1 Å². The Labute approximate surface area is 671 Å². The summed E-state index contributed by atoms with van der Waals surface area (Å²) < 4.78 is 16.5. The molecule has 5 rings (SSSR count). The molecular formula is C70H106B2N35O7S+7. The Morgan fingerprint density at radius 3 is 1.21 bits per heavy atom. The molecule has 0 amide bonds. The zero-order valence-electron chi connectivity index (χ0n) is 64.2. The van der Waals surface area contributed by atoms with Crippen LogP contribution in [-0.2, 0) is 0 Å². The van der Waals surface area contributed by atoms with Gasteiger partial charge in [-0.15, -0.1) is 127 Å². The molecule has 608 valence electrons. The zero-order valence-corrected chi connectivity index (χ0v) is 65.1. The number of hydrazine groups is 7. The molecule has 42 nitrogen and oxygen atoms in total. The van der Waals surface area contributed by atoms with E-state index in [9.17, 15) is 20.1 Å². The predicted octanol–water partition coefficient (Wildman–Crippen LogP) is -10.4. The Bertz CT molecular complexity index is 4240. The smallest absolute Gasteiger partial charge is 0.492 e. The molecule has 0 radical (unpaired) electrons. The Kier molecular flexibility index (Phi) is 59.1. The number of furan rings is 1. The number of allylic oxidation sites excluding steroid dienone is 2. The van der Waals surface area contributed by atoms with Gasteiger partial charge in [0.15, 0.2) is 47.0 Å². The maximum Gasteiger partial charge on any atom is 0.492 e. The molecule has 3 aromatic carbocycles. The number of guanidine groups is 7. The summed E-state index contributed by atoms with van der Waals surface area (Å²) in [6, 6.07) is 21.8. The number of nitrogens with zero attached hydrogens (tertiary/aromatic N) is 14. The van der Waals surface area contributed by atoms with E-state index in [4.69, 9.17) is 54.0 Å². The molecule has 32 N–H and O–H groups in total. The third-order valence-corrected chi connectivity index (χ3v) is 12.8. The van der Waals surface area contributed by atoms with Gasteiger partial charge in [0, 0.05) is 44.2 Å². The summed E-state index contributed by atoms with van der Waals surface area (Å²) in [5.41, 5.74) is 59.8. The number of hydrogen-bond acceptors (Lipinski definition) is 22. The van der Waals surface area contributed by atoms with Gasteiger partial charge in [-0.25, -0.2) is 0 Å². The minimum atomic E-state index is -1.68. The first-order valence-corrected chi connectivity index (χ1v) is 34.3. The van der Waals surface area contributed by atoms with Crippen LogP contribution in [0.2, 0.25) is 0 Å². The number of benzene rings is 3. The summed E-state index contributed by atoms with van der Waals surface area (Å²) in [4.78, 5) is 2.08. The standard InChI is InChI=1S/2C14H20BN5O3.C11H13N5.C9H11N5O.C9H11N5S.C8H15N5.C5H9N5/c1-4-6-23-13-11(5-2)7-10(8-12(13)15(21)22)9-18-20-14(16)19-17-3;1-4-6-23-13-11(9-18-20-14(16)19-17-3)7-10(5-2)8-12(13)15(21)22;1-3-9-4-6-10(7-5-9)8-14-16-11(12)15-13-2;2*1-3-7-4-5-8(15-7)6-12-14-9(10)13-11-2;1-3-4-5-6-7-11-13-8(9)12-10-2;1-3-4-8-10-5(6)9-7-2/h2*5,7-9,21-22H,2-4,6H2,1H3,(H3,16,19,20);3-8H,1-2H2,(H3,12,15,16);2*3-6H,1-2H2,(H3,10,13,14);3,7H,1-2,4-6H2,(H3,9,12,13);3-4H,1-2H2,(H3,6,9,10)/p+7. The van der Waals surface area contributed by atoms with Crippen LogP contribution in [0.3, 0.4) is 0 Å². The minimum Gasteiger partial charge on any atom is -0.493 e. The number of ether oxygens (including phenoxy) is 2. The molecule has 0 saturated carbocycles. The van der Waals surface area contributed by atoms with E-state index in [0.717, 1.165) is 53.0 Å². The number of rotatable bonds is 37. The van der Waals surface area contributed by atoms with Crippen molar-refractivity contribution in [3.63, 3.8) is 0 Å². The fraction of sp³-hybridized carbons (Fsp3) is 0.129. The summed E-state index contributed by atoms with van der Waals surface area (Å²) in [6.45, 7) is 53.3. The predicted molar refractivity (Wildman–Crippen MR) is 473 cm³/mol. The molecule has 2 aromatic heterocycles. The molecule has 0 atom stereocenters. The molecule has 0 spiro atoms. The minimum absolute atomic E-state index is 0.0227. The van der Waals surface area contributed by atoms with Crippen molar-refractivity contribution in [1.29, 1.82) is 0 Å². The summed E-state index contributed by atoms with van der Waals surface area (Å²) in [6.07, 6.45) is 26.7. The summed E-state index contributed by atoms with van der Waals surface area (Å²) in [5.74, 6) is 2.76. The van der Waals surface area contributed by atoms with Gasteiger partial charge in [0.1, 0.15) is 23.0 Å². The van der Waals surface area contributed by atoms with Gasteiger partial charge in [0.2, 0.25) is 0 Å². The maximum absolute atomic E-state index is 9.56. The number of unbranched alkanes of at least 4 members (excludes halogenated alkanes) is 2. The van der Waals surface area contributed by atoms with E-state index in [0.29, 0.717) is 58.5 Å². The van der Waals surface area contributed by atoms with E-state index < -0.39 is 14.2 Å². The van der Waals surface area contributed by atoms with Gasteiger partial charge in [-0.3, -0.25) is 0 Å². The van der Waals surface area contributed by atoms with Gasteiger partial charge in [-0.2, -0.15) is 35.7 Å². The molecule has 2 heterocycles. The van der Waals surface area contributed by atoms with Crippen molar-refractivity contribution in [3.8, 4) is 11.5 Å². The first-order chi connectivity index (χ1) is 55.4. The maximum atomic E-state index is 9.56. The molecule has 0 unspecified atom stereocenters. The van der Waals surface area contributed by atoms with E-state index in [1.807, 2.05) is 56.3 Å². The van der Waals surface area contributed by atoms with Crippen LogP contribution in [0, 0.1) is 0 Å². The lowest BCUT2D eigenvalue weighted by molar-refractivity contribution is -0.496. The molecule has 0 aliphatic rings. The van der Waals surface area contributed by atoms with Crippen LogP contribution in [0.5, 0.6) is 11.5 Å². The van der Waals surface area contributed by atoms with Crippen molar-refractivity contribution in [2.75, 3.05) is 13.2 Å². The first-order valence-electron chi connectivity index (χ1n) is 33.4. The Hall–Kier alpha value is -15.3. The Morgan fingerprint density at radius 1 is 0.417 bits per heavy atom. The quantitative estimate of drug-likeness (QED) is 0.00438. The van der Waals surface area contributed by atoms with Crippen LogP contribution in [-0.4, -0.2) is 180 Å². The van der Waals surface area contributed by atoms with Gasteiger partial charge in [-0.05, 0) is 109 Å². The van der Waals surface area contributed by atoms with Crippen LogP contribution in [0.4, 0.5) is 0 Å². The second-order valence-electron chi connectivity index (χ2n) is 20.4. The highest BCUT2D eigenvalue weighted by atomic mass is 32.1. The first kappa shape index (κ1) is 102. The van der Waals surface area contributed by atoms with Gasteiger partial charge in [0.25, 0.3) is 41.7 Å². The summed E-state index contributed by atoms with van der Waals surface area (Å²) in [5, 5.41) is 106. The van der Waals surface area contributed by atoms with Crippen molar-refractivity contribution in [1.82, 2.24) is 38.0 Å².